The molecule has 4 unspecified atom stereocenters. The standard InChI is InChI=1S/C12H13N5O3/c13-5-6-1-3-15-12(10(6)17(18)19)16-9-8(14)7-2-4-20-11(7)9/h1,3,7-9,11H,2,4,14H2,(H,15,16). The number of nitrogens with two attached hydrogens (primary N) is 1. The van der Waals surface area contributed by atoms with Crippen molar-refractivity contribution < 1.29 is 9.66 Å². The number of nitro groups is 1. The maximum absolute atomic E-state index is 11.1. The summed E-state index contributed by atoms with van der Waals surface area (Å²) < 4.78 is 5.56. The Balaban J connectivity index is 1.88. The fourth-order valence-electron chi connectivity index (χ4n) is 2.92. The highest BCUT2D eigenvalue weighted by Gasteiger charge is 2.52. The van der Waals surface area contributed by atoms with Crippen molar-refractivity contribution in [3.05, 3.63) is 27.9 Å². The number of nitrogens with one attached hydrogen (secondary N) is 1. The van der Waals surface area contributed by atoms with Crippen LogP contribution in [0.15, 0.2) is 12.3 Å². The fourth-order valence-corrected chi connectivity index (χ4v) is 2.92. The van der Waals surface area contributed by atoms with Crippen LogP contribution >= 0.6 is 0 Å². The van der Waals surface area contributed by atoms with E-state index in [1.807, 2.05) is 0 Å². The van der Waals surface area contributed by atoms with Crippen molar-refractivity contribution >= 4 is 11.5 Å². The molecule has 20 heavy (non-hydrogen) atoms. The Morgan fingerprint density at radius 1 is 1.65 bits per heavy atom. The van der Waals surface area contributed by atoms with Crippen molar-refractivity contribution in [1.82, 2.24) is 4.98 Å². The molecule has 1 aliphatic heterocycles. The van der Waals surface area contributed by atoms with E-state index in [9.17, 15) is 10.1 Å². The van der Waals surface area contributed by atoms with Gasteiger partial charge in [-0.2, -0.15) is 5.26 Å². The molecule has 0 aromatic carbocycles. The molecular weight excluding hydrogens is 262 g/mol. The van der Waals surface area contributed by atoms with Crippen LogP contribution in [0, 0.1) is 27.4 Å². The largest absolute Gasteiger partial charge is 0.376 e. The van der Waals surface area contributed by atoms with E-state index in [1.165, 1.54) is 12.3 Å². The van der Waals surface area contributed by atoms with Gasteiger partial charge in [0.1, 0.15) is 11.6 Å². The number of nitriles is 1. The molecule has 0 amide bonds. The smallest absolute Gasteiger partial charge is 0.328 e. The Kier molecular flexibility index (Phi) is 3.00. The van der Waals surface area contributed by atoms with Crippen LogP contribution in [0.2, 0.25) is 0 Å². The fraction of sp³-hybridized carbons (Fsp3) is 0.500. The van der Waals surface area contributed by atoms with Gasteiger partial charge in [-0.3, -0.25) is 10.1 Å². The Labute approximate surface area is 114 Å². The van der Waals surface area contributed by atoms with E-state index in [0.717, 1.165) is 6.42 Å². The lowest BCUT2D eigenvalue weighted by atomic mass is 9.72. The lowest BCUT2D eigenvalue weighted by Gasteiger charge is -2.45. The van der Waals surface area contributed by atoms with E-state index >= 15 is 0 Å². The number of ether oxygens (including phenoxy) is 1. The molecule has 3 rings (SSSR count). The normalized spacial score (nSPS) is 31.0. The van der Waals surface area contributed by atoms with Gasteiger partial charge >= 0.3 is 5.69 Å². The Hall–Kier alpha value is -2.24. The van der Waals surface area contributed by atoms with Crippen LogP contribution in [0.5, 0.6) is 0 Å². The van der Waals surface area contributed by atoms with Crippen LogP contribution in [0.25, 0.3) is 0 Å². The summed E-state index contributed by atoms with van der Waals surface area (Å²) in [5, 5.41) is 23.0. The van der Waals surface area contributed by atoms with Crippen LogP contribution in [-0.4, -0.2) is 34.7 Å². The average molecular weight is 275 g/mol. The second-order valence-corrected chi connectivity index (χ2v) is 4.96. The molecular formula is C12H13N5O3. The molecule has 0 bridgehead atoms. The lowest BCUT2D eigenvalue weighted by molar-refractivity contribution is -0.384. The summed E-state index contributed by atoms with van der Waals surface area (Å²) in [7, 11) is 0. The molecule has 0 spiro atoms. The molecule has 8 heteroatoms. The topological polar surface area (TPSA) is 127 Å². The van der Waals surface area contributed by atoms with Gasteiger partial charge in [-0.15, -0.1) is 0 Å². The highest BCUT2D eigenvalue weighted by atomic mass is 16.6. The highest BCUT2D eigenvalue weighted by Crippen LogP contribution is 2.40. The summed E-state index contributed by atoms with van der Waals surface area (Å²) in [6, 6.07) is 2.80. The molecule has 1 aromatic heterocycles. The number of anilines is 1. The molecule has 2 heterocycles. The first-order valence-electron chi connectivity index (χ1n) is 6.30. The first-order chi connectivity index (χ1) is 9.63. The molecule has 104 valence electrons. The van der Waals surface area contributed by atoms with Crippen molar-refractivity contribution in [2.45, 2.75) is 24.6 Å². The Bertz CT molecular complexity index is 599. The van der Waals surface area contributed by atoms with Gasteiger partial charge in [0.05, 0.1) is 17.1 Å². The molecule has 2 aliphatic rings. The van der Waals surface area contributed by atoms with Crippen LogP contribution in [-0.2, 0) is 4.74 Å². The minimum absolute atomic E-state index is 0.0238. The quantitative estimate of drug-likeness (QED) is 0.603. The monoisotopic (exact) mass is 275 g/mol. The van der Waals surface area contributed by atoms with E-state index in [1.54, 1.807) is 6.07 Å². The third-order valence-corrected chi connectivity index (χ3v) is 3.98. The predicted molar refractivity (Wildman–Crippen MR) is 68.8 cm³/mol. The van der Waals surface area contributed by atoms with Gasteiger partial charge in [-0.05, 0) is 12.5 Å². The second kappa shape index (κ2) is 4.70. The molecule has 1 saturated heterocycles. The number of hydrogen-bond acceptors (Lipinski definition) is 7. The number of aromatic nitrogens is 1. The minimum atomic E-state index is -0.606. The Morgan fingerprint density at radius 2 is 2.45 bits per heavy atom. The van der Waals surface area contributed by atoms with Crippen LogP contribution < -0.4 is 11.1 Å². The van der Waals surface area contributed by atoms with Crippen molar-refractivity contribution in [2.75, 3.05) is 11.9 Å². The SMILES string of the molecule is N#Cc1ccnc(NC2C(N)C3CCOC32)c1[N+](=O)[O-]. The predicted octanol–water partition coefficient (Wildman–Crippen LogP) is 0.388. The molecule has 1 aliphatic carbocycles. The second-order valence-electron chi connectivity index (χ2n) is 4.96. The zero-order valence-corrected chi connectivity index (χ0v) is 10.5. The Morgan fingerprint density at radius 3 is 3.15 bits per heavy atom. The van der Waals surface area contributed by atoms with E-state index < -0.39 is 4.92 Å². The molecule has 1 aromatic rings. The van der Waals surface area contributed by atoms with Gasteiger partial charge in [-0.1, -0.05) is 0 Å². The van der Waals surface area contributed by atoms with E-state index in [4.69, 9.17) is 15.7 Å². The summed E-state index contributed by atoms with van der Waals surface area (Å²) in [5.41, 5.74) is 5.71. The van der Waals surface area contributed by atoms with Crippen LogP contribution in [0.1, 0.15) is 12.0 Å². The van der Waals surface area contributed by atoms with Gasteiger partial charge in [-0.25, -0.2) is 4.98 Å². The summed E-state index contributed by atoms with van der Waals surface area (Å²) in [5.74, 6) is 0.370. The number of rotatable bonds is 3. The van der Waals surface area contributed by atoms with Crippen molar-refractivity contribution in [3.63, 3.8) is 0 Å². The van der Waals surface area contributed by atoms with Crippen molar-refractivity contribution in [1.29, 1.82) is 5.26 Å². The summed E-state index contributed by atoms with van der Waals surface area (Å²) in [4.78, 5) is 14.5. The summed E-state index contributed by atoms with van der Waals surface area (Å²) in [6.45, 7) is 0.662. The first kappa shape index (κ1) is 12.8. The average Bonchev–Trinajstić information content (AvgIpc) is 2.88. The number of hydrogen-bond donors (Lipinski definition) is 2. The zero-order chi connectivity index (χ0) is 14.3. The van der Waals surface area contributed by atoms with Gasteiger partial charge in [0, 0.05) is 24.8 Å². The number of pyridine rings is 1. The molecule has 2 fully saturated rings. The third kappa shape index (κ3) is 1.79. The summed E-state index contributed by atoms with van der Waals surface area (Å²) in [6.07, 6.45) is 2.25. The van der Waals surface area contributed by atoms with Crippen molar-refractivity contribution in [3.8, 4) is 6.07 Å². The molecule has 3 N–H and O–H groups in total. The molecule has 1 saturated carbocycles. The first-order valence-corrected chi connectivity index (χ1v) is 6.30. The van der Waals surface area contributed by atoms with E-state index in [0.29, 0.717) is 12.5 Å². The van der Waals surface area contributed by atoms with Crippen molar-refractivity contribution in [2.24, 2.45) is 11.7 Å². The summed E-state index contributed by atoms with van der Waals surface area (Å²) >= 11 is 0. The number of nitrogens with zero attached hydrogens (tertiary/aromatic N) is 3. The third-order valence-electron chi connectivity index (χ3n) is 3.98. The van der Waals surface area contributed by atoms with Gasteiger partial charge < -0.3 is 15.8 Å². The zero-order valence-electron chi connectivity index (χ0n) is 10.5. The lowest BCUT2D eigenvalue weighted by Crippen LogP contribution is -2.65. The molecule has 0 radical (unpaired) electrons. The number of fused-ring (bicyclic) bond motifs is 1. The maximum atomic E-state index is 11.1. The molecule has 4 atom stereocenters. The highest BCUT2D eigenvalue weighted by molar-refractivity contribution is 5.64. The molecule has 8 nitrogen and oxygen atoms in total. The van der Waals surface area contributed by atoms with Crippen LogP contribution in [0.3, 0.4) is 0 Å². The van der Waals surface area contributed by atoms with E-state index in [2.05, 4.69) is 10.3 Å². The van der Waals surface area contributed by atoms with Gasteiger partial charge in [0.25, 0.3) is 0 Å². The van der Waals surface area contributed by atoms with Crippen LogP contribution in [0.4, 0.5) is 11.5 Å². The maximum Gasteiger partial charge on any atom is 0.328 e. The van der Waals surface area contributed by atoms with Gasteiger partial charge in [0.2, 0.25) is 5.82 Å². The van der Waals surface area contributed by atoms with E-state index in [-0.39, 0.29) is 35.3 Å². The minimum Gasteiger partial charge on any atom is -0.376 e. The van der Waals surface area contributed by atoms with Gasteiger partial charge in [0.15, 0.2) is 0 Å².